The summed E-state index contributed by atoms with van der Waals surface area (Å²) in [7, 11) is 0. The van der Waals surface area contributed by atoms with Crippen LogP contribution in [0.4, 0.5) is 0 Å². The Morgan fingerprint density at radius 1 is 1.29 bits per heavy atom. The fraction of sp³-hybridized carbons (Fsp3) is 0.357. The van der Waals surface area contributed by atoms with Crippen LogP contribution in [0.15, 0.2) is 24.3 Å². The molecule has 5 nitrogen and oxygen atoms in total. The number of nitrogens with one attached hydrogen (secondary N) is 1. The minimum Gasteiger partial charge on any atom is -0.480 e. The van der Waals surface area contributed by atoms with E-state index in [1.807, 2.05) is 0 Å². The lowest BCUT2D eigenvalue weighted by atomic mass is 10.1. The first-order chi connectivity index (χ1) is 9.82. The van der Waals surface area contributed by atoms with Crippen molar-refractivity contribution in [3.8, 4) is 0 Å². The zero-order valence-corrected chi connectivity index (χ0v) is 13.2. The van der Waals surface area contributed by atoms with E-state index in [-0.39, 0.29) is 22.3 Å². The zero-order valence-electron chi connectivity index (χ0n) is 11.6. The number of hydrogen-bond donors (Lipinski definition) is 2. The minimum atomic E-state index is -0.972. The first kappa shape index (κ1) is 17.5. The molecule has 1 unspecified atom stereocenters. The first-order valence-electron chi connectivity index (χ1n) is 6.26. The number of rotatable bonds is 6. The van der Waals surface area contributed by atoms with Crippen molar-refractivity contribution in [3.05, 3.63) is 34.9 Å². The van der Waals surface area contributed by atoms with Gasteiger partial charge in [0.25, 0.3) is 5.91 Å². The van der Waals surface area contributed by atoms with Crippen LogP contribution < -0.4 is 5.32 Å². The number of imide groups is 1. The maximum absolute atomic E-state index is 11.8. The highest BCUT2D eigenvalue weighted by atomic mass is 35.5. The Morgan fingerprint density at radius 2 is 1.90 bits per heavy atom. The van der Waals surface area contributed by atoms with Gasteiger partial charge in [-0.2, -0.15) is 0 Å². The van der Waals surface area contributed by atoms with E-state index in [1.54, 1.807) is 32.0 Å². The third-order valence-corrected chi connectivity index (χ3v) is 4.48. The van der Waals surface area contributed by atoms with Crippen molar-refractivity contribution in [1.82, 2.24) is 5.32 Å². The molecule has 0 aliphatic heterocycles. The van der Waals surface area contributed by atoms with Crippen molar-refractivity contribution < 1.29 is 19.5 Å². The Morgan fingerprint density at radius 3 is 2.43 bits per heavy atom. The molecule has 0 aliphatic rings. The summed E-state index contributed by atoms with van der Waals surface area (Å²) in [4.78, 5) is 34.6. The Balaban J connectivity index is 2.56. The quantitative estimate of drug-likeness (QED) is 0.837. The predicted octanol–water partition coefficient (Wildman–Crippen LogP) is 2.44. The fourth-order valence-electron chi connectivity index (χ4n) is 1.59. The van der Waals surface area contributed by atoms with Crippen LogP contribution in [0.2, 0.25) is 5.02 Å². The van der Waals surface area contributed by atoms with Gasteiger partial charge in [0.1, 0.15) is 5.25 Å². The molecule has 0 aliphatic carbocycles. The number of hydrogen-bond acceptors (Lipinski definition) is 4. The molecule has 0 radical (unpaired) electrons. The van der Waals surface area contributed by atoms with E-state index in [1.165, 1.54) is 6.07 Å². The molecule has 2 N–H and O–H groups in total. The van der Waals surface area contributed by atoms with Gasteiger partial charge in [-0.25, -0.2) is 0 Å². The topological polar surface area (TPSA) is 83.5 Å². The van der Waals surface area contributed by atoms with Crippen molar-refractivity contribution >= 4 is 41.1 Å². The van der Waals surface area contributed by atoms with Gasteiger partial charge in [-0.1, -0.05) is 37.6 Å². The SMILES string of the molecule is CC(C)C(SCC(=O)NC(=O)c1ccccc1Cl)C(=O)O. The van der Waals surface area contributed by atoms with E-state index in [2.05, 4.69) is 5.32 Å². The molecule has 0 fully saturated rings. The van der Waals surface area contributed by atoms with Crippen molar-refractivity contribution in [1.29, 1.82) is 0 Å². The van der Waals surface area contributed by atoms with Gasteiger partial charge < -0.3 is 5.11 Å². The molecule has 21 heavy (non-hydrogen) atoms. The van der Waals surface area contributed by atoms with Gasteiger partial charge in [-0.3, -0.25) is 19.7 Å². The number of benzene rings is 1. The Hall–Kier alpha value is -1.53. The molecule has 0 spiro atoms. The van der Waals surface area contributed by atoms with Gasteiger partial charge in [0.2, 0.25) is 5.91 Å². The molecule has 0 bridgehead atoms. The van der Waals surface area contributed by atoms with Gasteiger partial charge >= 0.3 is 5.97 Å². The maximum atomic E-state index is 11.8. The van der Waals surface area contributed by atoms with Crippen LogP contribution in [0.1, 0.15) is 24.2 Å². The molecule has 7 heteroatoms. The minimum absolute atomic E-state index is 0.106. The highest BCUT2D eigenvalue weighted by Crippen LogP contribution is 2.19. The summed E-state index contributed by atoms with van der Waals surface area (Å²) in [6.07, 6.45) is 0. The van der Waals surface area contributed by atoms with Crippen molar-refractivity contribution in [3.63, 3.8) is 0 Å². The molecular formula is C14H16ClNO4S. The maximum Gasteiger partial charge on any atom is 0.316 e. The lowest BCUT2D eigenvalue weighted by molar-refractivity contribution is -0.137. The van der Waals surface area contributed by atoms with Gasteiger partial charge in [0.15, 0.2) is 0 Å². The summed E-state index contributed by atoms with van der Waals surface area (Å²) in [6, 6.07) is 6.37. The largest absolute Gasteiger partial charge is 0.480 e. The molecule has 0 saturated heterocycles. The van der Waals surface area contributed by atoms with E-state index in [4.69, 9.17) is 16.7 Å². The molecule has 1 aromatic carbocycles. The van der Waals surface area contributed by atoms with Crippen LogP contribution >= 0.6 is 23.4 Å². The smallest absolute Gasteiger partial charge is 0.316 e. The van der Waals surface area contributed by atoms with Gasteiger partial charge in [-0.15, -0.1) is 11.8 Å². The molecular weight excluding hydrogens is 314 g/mol. The molecule has 114 valence electrons. The second-order valence-electron chi connectivity index (χ2n) is 4.67. The lowest BCUT2D eigenvalue weighted by Gasteiger charge is -2.15. The normalized spacial score (nSPS) is 12.0. The summed E-state index contributed by atoms with van der Waals surface area (Å²) in [6.45, 7) is 3.52. The number of amides is 2. The van der Waals surface area contributed by atoms with E-state index in [0.717, 1.165) is 11.8 Å². The predicted molar refractivity (Wildman–Crippen MR) is 82.6 cm³/mol. The number of thioether (sulfide) groups is 1. The first-order valence-corrected chi connectivity index (χ1v) is 7.68. The highest BCUT2D eigenvalue weighted by Gasteiger charge is 2.23. The van der Waals surface area contributed by atoms with Crippen LogP contribution in [0.25, 0.3) is 0 Å². The zero-order chi connectivity index (χ0) is 16.0. The number of aliphatic carboxylic acids is 1. The van der Waals surface area contributed by atoms with E-state index < -0.39 is 23.0 Å². The highest BCUT2D eigenvalue weighted by molar-refractivity contribution is 8.01. The third-order valence-electron chi connectivity index (χ3n) is 2.61. The molecule has 0 aromatic heterocycles. The number of halogens is 1. The van der Waals surface area contributed by atoms with Gasteiger partial charge in [0.05, 0.1) is 16.3 Å². The fourth-order valence-corrected chi connectivity index (χ4v) is 2.74. The molecule has 1 rings (SSSR count). The average Bonchev–Trinajstić information content (AvgIpc) is 2.38. The molecule has 1 atom stereocenters. The summed E-state index contributed by atoms with van der Waals surface area (Å²) in [5.41, 5.74) is 0.205. The summed E-state index contributed by atoms with van der Waals surface area (Å²) in [5, 5.41) is 10.8. The average molecular weight is 330 g/mol. The van der Waals surface area contributed by atoms with Crippen LogP contribution in [0.3, 0.4) is 0 Å². The van der Waals surface area contributed by atoms with Crippen LogP contribution in [-0.2, 0) is 9.59 Å². The van der Waals surface area contributed by atoms with Gasteiger partial charge in [0, 0.05) is 0 Å². The number of carboxylic acid groups (broad SMARTS) is 1. The summed E-state index contributed by atoms with van der Waals surface area (Å²) >= 11 is 6.85. The standard InChI is InChI=1S/C14H16ClNO4S/c1-8(2)12(14(19)20)21-7-11(17)16-13(18)9-5-3-4-6-10(9)15/h3-6,8,12H,7H2,1-2H3,(H,19,20)(H,16,17,18). The molecule has 0 saturated carbocycles. The van der Waals surface area contributed by atoms with E-state index >= 15 is 0 Å². The summed E-state index contributed by atoms with van der Waals surface area (Å²) in [5.74, 6) is -2.33. The molecule has 1 aromatic rings. The summed E-state index contributed by atoms with van der Waals surface area (Å²) < 4.78 is 0. The van der Waals surface area contributed by atoms with Crippen LogP contribution in [-0.4, -0.2) is 33.9 Å². The Kier molecular flexibility index (Phi) is 6.71. The van der Waals surface area contributed by atoms with Crippen LogP contribution in [0.5, 0.6) is 0 Å². The number of carboxylic acids is 1. The Labute approximate surface area is 132 Å². The monoisotopic (exact) mass is 329 g/mol. The van der Waals surface area contributed by atoms with Crippen molar-refractivity contribution in [2.24, 2.45) is 5.92 Å². The molecule has 0 heterocycles. The second kappa shape index (κ2) is 8.05. The van der Waals surface area contributed by atoms with E-state index in [9.17, 15) is 14.4 Å². The number of carbonyl (C=O) groups is 3. The van der Waals surface area contributed by atoms with Crippen molar-refractivity contribution in [2.45, 2.75) is 19.1 Å². The Bertz CT molecular complexity index is 548. The van der Waals surface area contributed by atoms with Crippen LogP contribution in [0, 0.1) is 5.92 Å². The third kappa shape index (κ3) is 5.40. The second-order valence-corrected chi connectivity index (χ2v) is 6.21. The van der Waals surface area contributed by atoms with E-state index in [0.29, 0.717) is 0 Å². The van der Waals surface area contributed by atoms with Gasteiger partial charge in [-0.05, 0) is 18.1 Å². The number of carbonyl (C=O) groups excluding carboxylic acids is 2. The lowest BCUT2D eigenvalue weighted by Crippen LogP contribution is -2.33. The molecule has 2 amide bonds. The van der Waals surface area contributed by atoms with Crippen molar-refractivity contribution in [2.75, 3.05) is 5.75 Å².